The topological polar surface area (TPSA) is 108 Å². The van der Waals surface area contributed by atoms with Crippen molar-refractivity contribution in [3.63, 3.8) is 0 Å². The van der Waals surface area contributed by atoms with Gasteiger partial charge in [-0.15, -0.1) is 0 Å². The first-order valence-corrected chi connectivity index (χ1v) is 15.0. The third kappa shape index (κ3) is 11.9. The van der Waals surface area contributed by atoms with Gasteiger partial charge in [0.15, 0.2) is 0 Å². The number of amides is 2. The molecule has 3 rings (SSSR count). The van der Waals surface area contributed by atoms with E-state index in [-0.39, 0.29) is 11.8 Å². The molecular weight excluding hydrogens is 486 g/mol. The molecule has 0 spiro atoms. The molecule has 0 unspecified atom stereocenters. The van der Waals surface area contributed by atoms with E-state index >= 15 is 0 Å². The number of unbranched alkanes of at least 4 members (excludes halogenated alkanes) is 1. The standard InChI is InChI=1S/C32H49N5O2/c33-19-9-22-34-20-7-8-21-35-23-10-24-36-32(39)30(25-26-11-3-1-4-12-26)37-31(38)29-17-15-28(16-18-29)27-13-5-2-6-14-27/h2,5-6,13-18,26,30,34-35H,1,3-4,7-12,19-25,33H2,(H,36,39)(H,37,38)/t30-/m0/s1. The van der Waals surface area contributed by atoms with Crippen LogP contribution in [-0.2, 0) is 4.79 Å². The lowest BCUT2D eigenvalue weighted by atomic mass is 9.84. The summed E-state index contributed by atoms with van der Waals surface area (Å²) in [5.41, 5.74) is 8.26. The maximum atomic E-state index is 13.1. The molecule has 0 aliphatic heterocycles. The van der Waals surface area contributed by atoms with Gasteiger partial charge in [0.2, 0.25) is 5.91 Å². The molecule has 2 aromatic carbocycles. The van der Waals surface area contributed by atoms with E-state index < -0.39 is 6.04 Å². The number of hydrogen-bond donors (Lipinski definition) is 5. The Kier molecular flexibility index (Phi) is 14.6. The first-order valence-electron chi connectivity index (χ1n) is 15.0. The maximum Gasteiger partial charge on any atom is 0.251 e. The van der Waals surface area contributed by atoms with E-state index in [0.717, 1.165) is 82.4 Å². The second-order valence-electron chi connectivity index (χ2n) is 10.7. The molecule has 1 aliphatic carbocycles. The van der Waals surface area contributed by atoms with Gasteiger partial charge in [0, 0.05) is 12.1 Å². The molecule has 1 aliphatic rings. The Bertz CT molecular complexity index is 945. The zero-order valence-corrected chi connectivity index (χ0v) is 23.6. The molecule has 0 saturated heterocycles. The summed E-state index contributed by atoms with van der Waals surface area (Å²) < 4.78 is 0. The second kappa shape index (κ2) is 18.5. The van der Waals surface area contributed by atoms with Crippen LogP contribution in [0.4, 0.5) is 0 Å². The molecule has 1 saturated carbocycles. The van der Waals surface area contributed by atoms with Crippen molar-refractivity contribution in [2.75, 3.05) is 39.3 Å². The van der Waals surface area contributed by atoms with Crippen LogP contribution >= 0.6 is 0 Å². The van der Waals surface area contributed by atoms with Crippen molar-refractivity contribution >= 4 is 11.8 Å². The summed E-state index contributed by atoms with van der Waals surface area (Å²) in [7, 11) is 0. The van der Waals surface area contributed by atoms with Gasteiger partial charge in [-0.2, -0.15) is 0 Å². The third-order valence-electron chi connectivity index (χ3n) is 7.51. The fraction of sp³-hybridized carbons (Fsp3) is 0.562. The largest absolute Gasteiger partial charge is 0.354 e. The summed E-state index contributed by atoms with van der Waals surface area (Å²) in [6, 6.07) is 17.2. The Hall–Kier alpha value is -2.74. The third-order valence-corrected chi connectivity index (χ3v) is 7.51. The molecule has 2 aromatic rings. The van der Waals surface area contributed by atoms with Crippen molar-refractivity contribution in [3.8, 4) is 11.1 Å². The van der Waals surface area contributed by atoms with E-state index in [1.807, 2.05) is 42.5 Å². The van der Waals surface area contributed by atoms with Gasteiger partial charge in [-0.05, 0) is 94.0 Å². The van der Waals surface area contributed by atoms with Crippen LogP contribution in [0.2, 0.25) is 0 Å². The zero-order valence-electron chi connectivity index (χ0n) is 23.6. The van der Waals surface area contributed by atoms with E-state index in [2.05, 4.69) is 33.4 Å². The molecule has 7 nitrogen and oxygen atoms in total. The number of rotatable bonds is 18. The van der Waals surface area contributed by atoms with E-state index in [1.54, 1.807) is 0 Å². The van der Waals surface area contributed by atoms with Crippen molar-refractivity contribution in [1.29, 1.82) is 0 Å². The summed E-state index contributed by atoms with van der Waals surface area (Å²) >= 11 is 0. The van der Waals surface area contributed by atoms with Gasteiger partial charge in [0.25, 0.3) is 5.91 Å². The minimum Gasteiger partial charge on any atom is -0.354 e. The van der Waals surface area contributed by atoms with Crippen LogP contribution in [-0.4, -0.2) is 57.1 Å². The van der Waals surface area contributed by atoms with Crippen LogP contribution < -0.4 is 27.0 Å². The Morgan fingerprint density at radius 3 is 2.03 bits per heavy atom. The summed E-state index contributed by atoms with van der Waals surface area (Å²) in [6.07, 6.45) is 10.8. The lowest BCUT2D eigenvalue weighted by molar-refractivity contribution is -0.123. The summed E-state index contributed by atoms with van der Waals surface area (Å²) in [4.78, 5) is 26.3. The van der Waals surface area contributed by atoms with Gasteiger partial charge in [-0.3, -0.25) is 9.59 Å². The van der Waals surface area contributed by atoms with Gasteiger partial charge >= 0.3 is 0 Å². The van der Waals surface area contributed by atoms with Crippen molar-refractivity contribution < 1.29 is 9.59 Å². The number of carbonyl (C=O) groups excluding carboxylic acids is 2. The van der Waals surface area contributed by atoms with Crippen LogP contribution in [0.25, 0.3) is 11.1 Å². The van der Waals surface area contributed by atoms with E-state index in [4.69, 9.17) is 5.73 Å². The highest BCUT2D eigenvalue weighted by molar-refractivity contribution is 5.97. The van der Waals surface area contributed by atoms with Crippen LogP contribution in [0.5, 0.6) is 0 Å². The molecule has 2 amide bonds. The van der Waals surface area contributed by atoms with Crippen molar-refractivity contribution in [2.45, 2.75) is 70.3 Å². The minimum absolute atomic E-state index is 0.0709. The van der Waals surface area contributed by atoms with Crippen molar-refractivity contribution in [1.82, 2.24) is 21.3 Å². The van der Waals surface area contributed by atoms with Gasteiger partial charge in [0.1, 0.15) is 6.04 Å². The Morgan fingerprint density at radius 2 is 1.36 bits per heavy atom. The summed E-state index contributed by atoms with van der Waals surface area (Å²) in [5.74, 6) is 0.227. The normalized spacial score (nSPS) is 14.6. The Labute approximate surface area is 235 Å². The van der Waals surface area contributed by atoms with Gasteiger partial charge in [-0.25, -0.2) is 0 Å². The lowest BCUT2D eigenvalue weighted by Crippen LogP contribution is -2.48. The molecule has 7 heteroatoms. The van der Waals surface area contributed by atoms with Gasteiger partial charge in [0.05, 0.1) is 0 Å². The molecule has 0 radical (unpaired) electrons. The van der Waals surface area contributed by atoms with Crippen molar-refractivity contribution in [2.24, 2.45) is 11.7 Å². The predicted molar refractivity (Wildman–Crippen MR) is 161 cm³/mol. The first-order chi connectivity index (χ1) is 19.2. The number of carbonyl (C=O) groups is 2. The molecule has 1 fully saturated rings. The van der Waals surface area contributed by atoms with Crippen LogP contribution in [0, 0.1) is 5.92 Å². The first kappa shape index (κ1) is 30.8. The molecule has 0 bridgehead atoms. The second-order valence-corrected chi connectivity index (χ2v) is 10.7. The quantitative estimate of drug-likeness (QED) is 0.184. The predicted octanol–water partition coefficient (Wildman–Crippen LogP) is 4.24. The average Bonchev–Trinajstić information content (AvgIpc) is 2.98. The highest BCUT2D eigenvalue weighted by atomic mass is 16.2. The van der Waals surface area contributed by atoms with Gasteiger partial charge < -0.3 is 27.0 Å². The molecule has 214 valence electrons. The lowest BCUT2D eigenvalue weighted by Gasteiger charge is -2.26. The highest BCUT2D eigenvalue weighted by Gasteiger charge is 2.26. The molecule has 0 heterocycles. The smallest absolute Gasteiger partial charge is 0.251 e. The zero-order chi connectivity index (χ0) is 27.5. The summed E-state index contributed by atoms with van der Waals surface area (Å²) in [6.45, 7) is 5.22. The Morgan fingerprint density at radius 1 is 0.744 bits per heavy atom. The van der Waals surface area contributed by atoms with Crippen LogP contribution in [0.1, 0.15) is 74.6 Å². The summed E-state index contributed by atoms with van der Waals surface area (Å²) in [5, 5.41) is 13.0. The molecule has 6 N–H and O–H groups in total. The minimum atomic E-state index is -0.505. The van der Waals surface area contributed by atoms with Crippen LogP contribution in [0.3, 0.4) is 0 Å². The Balaban J connectivity index is 1.42. The molecular formula is C32H49N5O2. The van der Waals surface area contributed by atoms with E-state index in [9.17, 15) is 9.59 Å². The highest BCUT2D eigenvalue weighted by Crippen LogP contribution is 2.27. The molecule has 0 aromatic heterocycles. The van der Waals surface area contributed by atoms with E-state index in [0.29, 0.717) is 24.4 Å². The number of nitrogens with one attached hydrogen (secondary N) is 4. The van der Waals surface area contributed by atoms with Crippen LogP contribution in [0.15, 0.2) is 54.6 Å². The van der Waals surface area contributed by atoms with E-state index in [1.165, 1.54) is 19.3 Å². The monoisotopic (exact) mass is 535 g/mol. The number of benzene rings is 2. The number of hydrogen-bond acceptors (Lipinski definition) is 5. The average molecular weight is 536 g/mol. The maximum absolute atomic E-state index is 13.1. The van der Waals surface area contributed by atoms with Gasteiger partial charge in [-0.1, -0.05) is 74.6 Å². The molecule has 39 heavy (non-hydrogen) atoms. The van der Waals surface area contributed by atoms with Crippen molar-refractivity contribution in [3.05, 3.63) is 60.2 Å². The molecule has 1 atom stereocenters. The SMILES string of the molecule is NCCCNCCCCNCCCNC(=O)[C@H](CC1CCCCC1)NC(=O)c1ccc(-c2ccccc2)cc1. The number of nitrogens with two attached hydrogens (primary N) is 1. The fourth-order valence-electron chi connectivity index (χ4n) is 5.20. The fourth-order valence-corrected chi connectivity index (χ4v) is 5.20.